The molecule has 0 aliphatic heterocycles. The highest BCUT2D eigenvalue weighted by atomic mass is 16.2. The van der Waals surface area contributed by atoms with Crippen molar-refractivity contribution in [1.29, 1.82) is 0 Å². The minimum absolute atomic E-state index is 0.0475. The first-order chi connectivity index (χ1) is 14.5. The van der Waals surface area contributed by atoms with Crippen LogP contribution in [0.4, 0.5) is 5.69 Å². The molecule has 0 heterocycles. The van der Waals surface area contributed by atoms with Gasteiger partial charge in [-0.05, 0) is 30.2 Å². The molecule has 2 amide bonds. The molecule has 2 N–H and O–H groups in total. The van der Waals surface area contributed by atoms with E-state index in [0.717, 1.165) is 11.1 Å². The molecule has 0 spiro atoms. The van der Waals surface area contributed by atoms with Crippen molar-refractivity contribution in [2.45, 2.75) is 20.0 Å². The zero-order chi connectivity index (χ0) is 21.3. The second-order valence-corrected chi connectivity index (χ2v) is 7.30. The van der Waals surface area contributed by atoms with Crippen molar-refractivity contribution in [3.05, 3.63) is 101 Å². The quantitative estimate of drug-likeness (QED) is 0.600. The van der Waals surface area contributed by atoms with Crippen molar-refractivity contribution in [3.63, 3.8) is 0 Å². The van der Waals surface area contributed by atoms with Crippen LogP contribution in [0.25, 0.3) is 0 Å². The lowest BCUT2D eigenvalue weighted by Gasteiger charge is -2.19. The lowest BCUT2D eigenvalue weighted by molar-refractivity contribution is -0.128. The highest BCUT2D eigenvalue weighted by molar-refractivity contribution is 6.00. The second-order valence-electron chi connectivity index (χ2n) is 7.30. The van der Waals surface area contributed by atoms with Gasteiger partial charge in [-0.2, -0.15) is 0 Å². The first kappa shape index (κ1) is 21.1. The fourth-order valence-electron chi connectivity index (χ4n) is 3.07. The zero-order valence-electron chi connectivity index (χ0n) is 17.4. The summed E-state index contributed by atoms with van der Waals surface area (Å²) in [5, 5.41) is 6.06. The van der Waals surface area contributed by atoms with Gasteiger partial charge in [0.05, 0.1) is 12.1 Å². The number of amides is 2. The van der Waals surface area contributed by atoms with Crippen molar-refractivity contribution < 1.29 is 9.59 Å². The molecular weight excluding hydrogens is 374 g/mol. The summed E-state index contributed by atoms with van der Waals surface area (Å²) in [5.74, 6) is -0.225. The molecule has 3 aromatic rings. The average Bonchev–Trinajstić information content (AvgIpc) is 2.77. The van der Waals surface area contributed by atoms with Crippen LogP contribution in [0, 0.1) is 6.92 Å². The third kappa shape index (κ3) is 5.95. The lowest BCUT2D eigenvalue weighted by atomic mass is 10.1. The van der Waals surface area contributed by atoms with Crippen LogP contribution >= 0.6 is 0 Å². The van der Waals surface area contributed by atoms with Crippen LogP contribution < -0.4 is 10.6 Å². The van der Waals surface area contributed by atoms with Crippen molar-refractivity contribution in [1.82, 2.24) is 10.2 Å². The molecule has 0 aliphatic rings. The van der Waals surface area contributed by atoms with E-state index in [0.29, 0.717) is 24.3 Å². The summed E-state index contributed by atoms with van der Waals surface area (Å²) in [4.78, 5) is 26.9. The highest BCUT2D eigenvalue weighted by Crippen LogP contribution is 2.15. The maximum Gasteiger partial charge on any atom is 0.253 e. The van der Waals surface area contributed by atoms with Crippen LogP contribution in [0.5, 0.6) is 0 Å². The van der Waals surface area contributed by atoms with Crippen LogP contribution in [-0.4, -0.2) is 30.3 Å². The van der Waals surface area contributed by atoms with Gasteiger partial charge in [0.15, 0.2) is 0 Å². The Labute approximate surface area is 177 Å². The first-order valence-electron chi connectivity index (χ1n) is 9.97. The number of nitrogens with one attached hydrogen (secondary N) is 2. The third-order valence-electron chi connectivity index (χ3n) is 4.86. The predicted octanol–water partition coefficient (Wildman–Crippen LogP) is 4.00. The molecule has 5 heteroatoms. The Morgan fingerprint density at radius 3 is 2.23 bits per heavy atom. The zero-order valence-corrected chi connectivity index (χ0v) is 17.4. The molecule has 154 valence electrons. The molecule has 0 saturated carbocycles. The number of para-hydroxylation sites is 1. The summed E-state index contributed by atoms with van der Waals surface area (Å²) in [6.07, 6.45) is 0. The molecule has 0 saturated heterocycles. The molecule has 0 unspecified atom stereocenters. The second kappa shape index (κ2) is 10.3. The molecule has 0 aromatic heterocycles. The van der Waals surface area contributed by atoms with E-state index in [1.165, 1.54) is 5.56 Å². The molecule has 3 aromatic carbocycles. The number of benzene rings is 3. The Morgan fingerprint density at radius 2 is 1.50 bits per heavy atom. The van der Waals surface area contributed by atoms with E-state index < -0.39 is 0 Å². The van der Waals surface area contributed by atoms with Crippen LogP contribution in [0.3, 0.4) is 0 Å². The van der Waals surface area contributed by atoms with Gasteiger partial charge in [0.25, 0.3) is 5.91 Å². The number of aryl methyl sites for hydroxylation is 1. The van der Waals surface area contributed by atoms with E-state index in [1.807, 2.05) is 79.7 Å². The maximum atomic E-state index is 12.7. The Kier molecular flexibility index (Phi) is 7.22. The van der Waals surface area contributed by atoms with Crippen molar-refractivity contribution >= 4 is 17.5 Å². The molecule has 0 atom stereocenters. The van der Waals surface area contributed by atoms with E-state index in [-0.39, 0.29) is 18.4 Å². The predicted molar refractivity (Wildman–Crippen MR) is 120 cm³/mol. The molecular formula is C25H27N3O2. The van der Waals surface area contributed by atoms with Gasteiger partial charge in [0.2, 0.25) is 5.91 Å². The van der Waals surface area contributed by atoms with Crippen LogP contribution in [-0.2, 0) is 17.9 Å². The topological polar surface area (TPSA) is 61.4 Å². The smallest absolute Gasteiger partial charge is 0.253 e. The molecule has 0 aliphatic carbocycles. The standard InChI is InChI=1S/C25H27N3O2/c1-19-12-14-20(15-13-19)16-27-25(30)22-10-6-7-11-23(22)26-17-24(29)28(2)18-21-8-4-3-5-9-21/h3-15,26H,16-18H2,1-2H3,(H,27,30). The van der Waals surface area contributed by atoms with Gasteiger partial charge in [-0.15, -0.1) is 0 Å². The fraction of sp³-hybridized carbons (Fsp3) is 0.200. The number of rotatable bonds is 8. The highest BCUT2D eigenvalue weighted by Gasteiger charge is 2.13. The number of anilines is 1. The van der Waals surface area contributed by atoms with Gasteiger partial charge in [-0.1, -0.05) is 72.3 Å². The van der Waals surface area contributed by atoms with Gasteiger partial charge >= 0.3 is 0 Å². The minimum atomic E-state index is -0.177. The van der Waals surface area contributed by atoms with Crippen molar-refractivity contribution in [2.75, 3.05) is 18.9 Å². The van der Waals surface area contributed by atoms with Gasteiger partial charge in [0, 0.05) is 25.8 Å². The van der Waals surface area contributed by atoms with Crippen molar-refractivity contribution in [2.24, 2.45) is 0 Å². The van der Waals surface area contributed by atoms with E-state index in [4.69, 9.17) is 0 Å². The van der Waals surface area contributed by atoms with Crippen LogP contribution in [0.15, 0.2) is 78.9 Å². The van der Waals surface area contributed by atoms with Gasteiger partial charge in [-0.25, -0.2) is 0 Å². The monoisotopic (exact) mass is 401 g/mol. The SMILES string of the molecule is Cc1ccc(CNC(=O)c2ccccc2NCC(=O)N(C)Cc2ccccc2)cc1. The molecule has 3 rings (SSSR count). The van der Waals surface area contributed by atoms with Crippen LogP contribution in [0.2, 0.25) is 0 Å². The number of likely N-dealkylation sites (N-methyl/N-ethyl adjacent to an activating group) is 1. The number of hydrogen-bond acceptors (Lipinski definition) is 3. The van der Waals surface area contributed by atoms with Gasteiger partial charge in [-0.3, -0.25) is 9.59 Å². The van der Waals surface area contributed by atoms with Crippen LogP contribution in [0.1, 0.15) is 27.0 Å². The number of hydrogen-bond donors (Lipinski definition) is 2. The fourth-order valence-corrected chi connectivity index (χ4v) is 3.07. The lowest BCUT2D eigenvalue weighted by Crippen LogP contribution is -2.32. The van der Waals surface area contributed by atoms with Gasteiger partial charge < -0.3 is 15.5 Å². The number of nitrogens with zero attached hydrogens (tertiary/aromatic N) is 1. The molecule has 0 bridgehead atoms. The summed E-state index contributed by atoms with van der Waals surface area (Å²) in [6.45, 7) is 3.14. The van der Waals surface area contributed by atoms with Crippen molar-refractivity contribution in [3.8, 4) is 0 Å². The summed E-state index contributed by atoms with van der Waals surface area (Å²) < 4.78 is 0. The molecule has 0 fully saturated rings. The Bertz CT molecular complexity index is 985. The first-order valence-corrected chi connectivity index (χ1v) is 9.97. The van der Waals surface area contributed by atoms with Gasteiger partial charge in [0.1, 0.15) is 0 Å². The molecule has 30 heavy (non-hydrogen) atoms. The van der Waals surface area contributed by atoms with E-state index in [1.54, 1.807) is 18.0 Å². The third-order valence-corrected chi connectivity index (χ3v) is 4.86. The Balaban J connectivity index is 1.57. The maximum absolute atomic E-state index is 12.7. The number of carbonyl (C=O) groups excluding carboxylic acids is 2. The number of carbonyl (C=O) groups is 2. The largest absolute Gasteiger partial charge is 0.376 e. The summed E-state index contributed by atoms with van der Waals surface area (Å²) in [7, 11) is 1.78. The summed E-state index contributed by atoms with van der Waals surface area (Å²) in [5.41, 5.74) is 4.45. The Morgan fingerprint density at radius 1 is 0.833 bits per heavy atom. The molecule has 5 nitrogen and oxygen atoms in total. The average molecular weight is 402 g/mol. The normalized spacial score (nSPS) is 10.3. The summed E-state index contributed by atoms with van der Waals surface area (Å²) >= 11 is 0. The van der Waals surface area contributed by atoms with E-state index >= 15 is 0 Å². The minimum Gasteiger partial charge on any atom is -0.376 e. The Hall–Kier alpha value is -3.60. The summed E-state index contributed by atoms with van der Waals surface area (Å²) in [6, 6.07) is 25.1. The van der Waals surface area contributed by atoms with E-state index in [2.05, 4.69) is 10.6 Å². The van der Waals surface area contributed by atoms with E-state index in [9.17, 15) is 9.59 Å². The molecule has 0 radical (unpaired) electrons.